The van der Waals surface area contributed by atoms with E-state index < -0.39 is 5.97 Å². The van der Waals surface area contributed by atoms with Gasteiger partial charge in [0.05, 0.1) is 23.4 Å². The van der Waals surface area contributed by atoms with Crippen LogP contribution in [-0.2, 0) is 4.74 Å². The maximum atomic E-state index is 12.7. The van der Waals surface area contributed by atoms with Gasteiger partial charge < -0.3 is 10.1 Å². The average Bonchev–Trinajstić information content (AvgIpc) is 2.83. The normalized spacial score (nSPS) is 12.5. The minimum absolute atomic E-state index is 0.276. The van der Waals surface area contributed by atoms with Gasteiger partial charge in [0.15, 0.2) is 11.5 Å². The zero-order valence-corrected chi connectivity index (χ0v) is 19.7. The lowest BCUT2D eigenvalue weighted by Crippen LogP contribution is -2.35. The van der Waals surface area contributed by atoms with Crippen LogP contribution in [0.15, 0.2) is 71.7 Å². The summed E-state index contributed by atoms with van der Waals surface area (Å²) in [5.41, 5.74) is 6.26. The Bertz CT molecular complexity index is 1420. The lowest BCUT2D eigenvalue weighted by Gasteiger charge is -2.31. The molecule has 1 aromatic heterocycles. The number of aliphatic imine (C=N–C) groups is 1. The number of carbonyl (C=O) groups excluding carboxylic acids is 1. The number of anilines is 3. The van der Waals surface area contributed by atoms with E-state index in [0.717, 1.165) is 39.0 Å². The largest absolute Gasteiger partial charge is 0.461 e. The van der Waals surface area contributed by atoms with Crippen LogP contribution in [-0.4, -0.2) is 23.5 Å². The number of benzene rings is 3. The number of aryl methyl sites for hydroxylation is 3. The SMILES string of the molecule is CCOC(=O)c1cc2c(C)ccc3c2c(n1)N(c1ccc(C)cc1)C(Nc1ccc(C)cc1)=N3. The van der Waals surface area contributed by atoms with Crippen molar-refractivity contribution >= 4 is 45.6 Å². The smallest absolute Gasteiger partial charge is 0.357 e. The number of carbonyl (C=O) groups is 1. The summed E-state index contributed by atoms with van der Waals surface area (Å²) in [7, 11) is 0. The molecular formula is C28H26N4O2. The minimum Gasteiger partial charge on any atom is -0.461 e. The second-order valence-corrected chi connectivity index (χ2v) is 8.47. The van der Waals surface area contributed by atoms with Gasteiger partial charge in [-0.2, -0.15) is 0 Å². The van der Waals surface area contributed by atoms with Crippen molar-refractivity contribution in [2.75, 3.05) is 16.8 Å². The summed E-state index contributed by atoms with van der Waals surface area (Å²) in [5, 5.41) is 5.30. The summed E-state index contributed by atoms with van der Waals surface area (Å²) in [4.78, 5) is 24.5. The number of nitrogens with one attached hydrogen (secondary N) is 1. The number of pyridine rings is 1. The highest BCUT2D eigenvalue weighted by molar-refractivity contribution is 6.21. The maximum Gasteiger partial charge on any atom is 0.357 e. The molecule has 0 saturated heterocycles. The Morgan fingerprint density at radius 3 is 2.29 bits per heavy atom. The summed E-state index contributed by atoms with van der Waals surface area (Å²) < 4.78 is 5.29. The van der Waals surface area contributed by atoms with Crippen LogP contribution in [0.25, 0.3) is 10.8 Å². The van der Waals surface area contributed by atoms with Gasteiger partial charge >= 0.3 is 5.97 Å². The third kappa shape index (κ3) is 3.88. The quantitative estimate of drug-likeness (QED) is 0.355. The molecule has 170 valence electrons. The number of rotatable bonds is 4. The zero-order chi connectivity index (χ0) is 23.8. The molecule has 6 heteroatoms. The molecule has 1 N–H and O–H groups in total. The van der Waals surface area contributed by atoms with Gasteiger partial charge in [0.1, 0.15) is 0 Å². The zero-order valence-electron chi connectivity index (χ0n) is 19.7. The Balaban J connectivity index is 1.75. The van der Waals surface area contributed by atoms with E-state index >= 15 is 0 Å². The van der Waals surface area contributed by atoms with Crippen molar-refractivity contribution in [3.63, 3.8) is 0 Å². The van der Waals surface area contributed by atoms with Crippen molar-refractivity contribution in [1.29, 1.82) is 0 Å². The number of nitrogens with zero attached hydrogens (tertiary/aromatic N) is 3. The number of guanidine groups is 1. The van der Waals surface area contributed by atoms with Crippen LogP contribution in [0.2, 0.25) is 0 Å². The fourth-order valence-electron chi connectivity index (χ4n) is 4.09. The molecule has 2 heterocycles. The van der Waals surface area contributed by atoms with Crippen molar-refractivity contribution in [3.05, 3.63) is 89.1 Å². The highest BCUT2D eigenvalue weighted by atomic mass is 16.5. The standard InChI is InChI=1S/C28H26N4O2/c1-5-34-27(33)24-16-22-19(4)10-15-23-25(22)26(30-24)32(21-13-8-18(3)9-14-21)28(31-23)29-20-11-6-17(2)7-12-20/h6-16H,5H2,1-4H3,(H,29,31). The van der Waals surface area contributed by atoms with Gasteiger partial charge in [0.25, 0.3) is 0 Å². The molecule has 4 aromatic rings. The molecule has 3 aromatic carbocycles. The Labute approximate surface area is 198 Å². The molecule has 0 amide bonds. The van der Waals surface area contributed by atoms with Gasteiger partial charge in [0, 0.05) is 5.69 Å². The average molecular weight is 451 g/mol. The van der Waals surface area contributed by atoms with E-state index in [1.165, 1.54) is 5.56 Å². The van der Waals surface area contributed by atoms with Crippen LogP contribution in [0.1, 0.15) is 34.1 Å². The molecule has 0 radical (unpaired) electrons. The molecule has 0 unspecified atom stereocenters. The Morgan fingerprint density at radius 2 is 1.62 bits per heavy atom. The fraction of sp³-hybridized carbons (Fsp3) is 0.179. The molecule has 6 nitrogen and oxygen atoms in total. The van der Waals surface area contributed by atoms with Gasteiger partial charge in [-0.1, -0.05) is 41.5 Å². The number of hydrogen-bond acceptors (Lipinski definition) is 6. The van der Waals surface area contributed by atoms with Gasteiger partial charge in [-0.3, -0.25) is 4.90 Å². The van der Waals surface area contributed by atoms with Crippen molar-refractivity contribution in [2.24, 2.45) is 4.99 Å². The topological polar surface area (TPSA) is 66.8 Å². The highest BCUT2D eigenvalue weighted by Gasteiger charge is 2.28. The molecule has 34 heavy (non-hydrogen) atoms. The van der Waals surface area contributed by atoms with Crippen LogP contribution in [0.5, 0.6) is 0 Å². The maximum absolute atomic E-state index is 12.7. The van der Waals surface area contributed by atoms with E-state index in [4.69, 9.17) is 14.7 Å². The molecule has 5 rings (SSSR count). The molecule has 1 aliphatic rings. The van der Waals surface area contributed by atoms with Crippen molar-refractivity contribution < 1.29 is 9.53 Å². The summed E-state index contributed by atoms with van der Waals surface area (Å²) in [6.45, 7) is 8.21. The van der Waals surface area contributed by atoms with E-state index in [9.17, 15) is 4.79 Å². The van der Waals surface area contributed by atoms with E-state index in [1.807, 2.05) is 48.2 Å². The third-order valence-electron chi connectivity index (χ3n) is 5.91. The Hall–Kier alpha value is -4.19. The van der Waals surface area contributed by atoms with Crippen molar-refractivity contribution in [2.45, 2.75) is 27.7 Å². The van der Waals surface area contributed by atoms with Crippen LogP contribution in [0.4, 0.5) is 22.9 Å². The number of hydrogen-bond donors (Lipinski definition) is 1. The van der Waals surface area contributed by atoms with Gasteiger partial charge in [-0.05, 0) is 75.0 Å². The van der Waals surface area contributed by atoms with Crippen LogP contribution in [0.3, 0.4) is 0 Å². The fourth-order valence-corrected chi connectivity index (χ4v) is 4.09. The van der Waals surface area contributed by atoms with E-state index in [0.29, 0.717) is 11.8 Å². The molecule has 0 aliphatic carbocycles. The number of ether oxygens (including phenoxy) is 1. The molecular weight excluding hydrogens is 424 g/mol. The Kier molecular flexibility index (Phi) is 5.49. The molecule has 0 saturated carbocycles. The number of aromatic nitrogens is 1. The van der Waals surface area contributed by atoms with Gasteiger partial charge in [0.2, 0.25) is 5.96 Å². The first-order valence-corrected chi connectivity index (χ1v) is 11.4. The van der Waals surface area contributed by atoms with Crippen molar-refractivity contribution in [3.8, 4) is 0 Å². The van der Waals surface area contributed by atoms with E-state index in [1.54, 1.807) is 13.0 Å². The highest BCUT2D eigenvalue weighted by Crippen LogP contribution is 2.42. The van der Waals surface area contributed by atoms with Crippen LogP contribution in [0, 0.1) is 20.8 Å². The molecule has 0 fully saturated rings. The summed E-state index contributed by atoms with van der Waals surface area (Å²) in [5.74, 6) is 0.816. The lowest BCUT2D eigenvalue weighted by atomic mass is 10.0. The predicted octanol–water partition coefficient (Wildman–Crippen LogP) is 6.59. The van der Waals surface area contributed by atoms with Crippen LogP contribution < -0.4 is 10.2 Å². The van der Waals surface area contributed by atoms with E-state index in [2.05, 4.69) is 43.4 Å². The Morgan fingerprint density at radius 1 is 0.941 bits per heavy atom. The monoisotopic (exact) mass is 450 g/mol. The minimum atomic E-state index is -0.440. The van der Waals surface area contributed by atoms with Crippen LogP contribution >= 0.6 is 0 Å². The van der Waals surface area contributed by atoms with Crippen molar-refractivity contribution in [1.82, 2.24) is 4.98 Å². The lowest BCUT2D eigenvalue weighted by molar-refractivity contribution is 0.0520. The summed E-state index contributed by atoms with van der Waals surface area (Å²) >= 11 is 0. The first-order valence-electron chi connectivity index (χ1n) is 11.4. The van der Waals surface area contributed by atoms with E-state index in [-0.39, 0.29) is 12.3 Å². The molecule has 0 atom stereocenters. The second kappa shape index (κ2) is 8.63. The summed E-state index contributed by atoms with van der Waals surface area (Å²) in [6.07, 6.45) is 0. The number of esters is 1. The first-order chi connectivity index (χ1) is 16.4. The molecule has 1 aliphatic heterocycles. The van der Waals surface area contributed by atoms with Gasteiger partial charge in [-0.25, -0.2) is 14.8 Å². The first kappa shape index (κ1) is 21.6. The molecule has 0 bridgehead atoms. The second-order valence-electron chi connectivity index (χ2n) is 8.47. The predicted molar refractivity (Wildman–Crippen MR) is 138 cm³/mol. The molecule has 0 spiro atoms. The summed E-state index contributed by atoms with van der Waals surface area (Å²) in [6, 6.07) is 22.1. The third-order valence-corrected chi connectivity index (χ3v) is 5.91. The van der Waals surface area contributed by atoms with Gasteiger partial charge in [-0.15, -0.1) is 0 Å².